The van der Waals surface area contributed by atoms with Crippen LogP contribution in [0, 0.1) is 27.7 Å². The molecule has 8 aromatic carbocycles. The van der Waals surface area contributed by atoms with Crippen LogP contribution in [0.1, 0.15) is 56.4 Å². The molecule has 14 heterocycles. The van der Waals surface area contributed by atoms with E-state index in [1.807, 2.05) is 222 Å². The molecule has 36 heteroatoms. The molecule has 0 saturated heterocycles. The van der Waals surface area contributed by atoms with Crippen molar-refractivity contribution in [3.05, 3.63) is 364 Å². The molecule has 0 aliphatic heterocycles. The summed E-state index contributed by atoms with van der Waals surface area (Å²) >= 11 is 12.9. The van der Waals surface area contributed by atoms with E-state index < -0.39 is 13.3 Å². The zero-order chi connectivity index (χ0) is 91.3. The monoisotopic (exact) mass is 1790 g/mol. The Bertz CT molecular complexity index is 8530. The summed E-state index contributed by atoms with van der Waals surface area (Å²) in [5.41, 5.74) is 38.4. The Morgan fingerprint density at radius 1 is 0.326 bits per heavy atom. The third-order valence-electron chi connectivity index (χ3n) is 23.0. The first kappa shape index (κ1) is 84.4. The molecule has 22 rings (SSSR count). The lowest BCUT2D eigenvalue weighted by Crippen LogP contribution is -2.25. The van der Waals surface area contributed by atoms with Crippen molar-refractivity contribution in [2.45, 2.75) is 67.2 Å². The predicted octanol–water partition coefficient (Wildman–Crippen LogP) is 15.3. The normalized spacial score (nSPS) is 11.5. The smallest absolute Gasteiger partial charge is 0.264 e. The summed E-state index contributed by atoms with van der Waals surface area (Å²) < 4.78 is 40.6. The predicted molar refractivity (Wildman–Crippen MR) is 507 cm³/mol. The zero-order valence-corrected chi connectivity index (χ0v) is 72.3. The summed E-state index contributed by atoms with van der Waals surface area (Å²) in [5, 5.41) is 40.3. The van der Waals surface area contributed by atoms with Crippen molar-refractivity contribution >= 4 is 134 Å². The number of nitrogens with zero attached hydrogens (tertiary/aromatic N) is 22. The van der Waals surface area contributed by atoms with Crippen LogP contribution in [-0.4, -0.2) is 118 Å². The summed E-state index contributed by atoms with van der Waals surface area (Å²) in [5.74, 6) is 0.995. The first-order valence-corrected chi connectivity index (χ1v) is 42.1. The van der Waals surface area contributed by atoms with Crippen LogP contribution in [0.3, 0.4) is 0 Å². The SMILES string of the molecule is Cc1cccc2cc(Cn3nc(CF)c4c(N)ncnc43)n(-c3ccccc3)c(=O)c12.Cc1ccccc1-n1c(Cn2nc(-c3cn[nH]c3)c3c(N)ncnc32)cc2cccc(Cl)c2c1=O.Cc1ccccc1-n1c(Cn2nc(CF)c3c(N)ncnc32)cc2cccc(C)c2c1=O.Nc1ncnc2c1c(-c1cn[nH]c1)nn2Cc1cc2cccc(Cl)c2c(=O)n1-c1ccccc1. The van der Waals surface area contributed by atoms with E-state index in [1.54, 1.807) is 73.9 Å². The number of nitrogen functional groups attached to an aromatic ring is 4. The van der Waals surface area contributed by atoms with E-state index in [2.05, 4.69) is 70.5 Å². The number of H-pyrrole nitrogens is 2. The van der Waals surface area contributed by atoms with Gasteiger partial charge in [0.2, 0.25) is 0 Å². The first-order valence-electron chi connectivity index (χ1n) is 41.4. The third-order valence-corrected chi connectivity index (χ3v) is 23.6. The number of aryl methyl sites for hydroxylation is 4. The number of alkyl halides is 2. The molecule has 0 fully saturated rings. The Balaban J connectivity index is 0.000000114. The first-order chi connectivity index (χ1) is 64.2. The van der Waals surface area contributed by atoms with Crippen molar-refractivity contribution in [3.63, 3.8) is 0 Å². The number of pyridine rings is 4. The van der Waals surface area contributed by atoms with Crippen LogP contribution < -0.4 is 45.2 Å². The summed E-state index contributed by atoms with van der Waals surface area (Å²) in [6.45, 7) is 7.15. The summed E-state index contributed by atoms with van der Waals surface area (Å²) in [4.78, 5) is 88.4. The van der Waals surface area contributed by atoms with Crippen LogP contribution in [0.4, 0.5) is 32.1 Å². The van der Waals surface area contributed by atoms with Crippen molar-refractivity contribution in [1.82, 2.24) is 118 Å². The Hall–Kier alpha value is -17.1. The molecule has 0 unspecified atom stereocenters. The van der Waals surface area contributed by atoms with Gasteiger partial charge in [-0.3, -0.25) is 47.6 Å². The lowest BCUT2D eigenvalue weighted by molar-refractivity contribution is 0.471. The van der Waals surface area contributed by atoms with Crippen LogP contribution in [0.5, 0.6) is 0 Å². The number of aromatic amines is 2. The van der Waals surface area contributed by atoms with Crippen LogP contribution in [0.15, 0.2) is 276 Å². The van der Waals surface area contributed by atoms with Gasteiger partial charge in [0.15, 0.2) is 22.6 Å². The van der Waals surface area contributed by atoms with Crippen molar-refractivity contribution in [3.8, 4) is 45.3 Å². The van der Waals surface area contributed by atoms with E-state index in [0.29, 0.717) is 116 Å². The fourth-order valence-corrected chi connectivity index (χ4v) is 17.5. The highest BCUT2D eigenvalue weighted by Gasteiger charge is 2.27. The standard InChI is InChI=1S/C25H19ClN8O.C24H17ClN8O.C24H21FN6O.C23H19FN6O/c1-14-5-2-3-8-19(14)34-17(9-15-6-4-7-18(26)20(15)25(34)35)12-33-24-21(23(27)28-13-29-24)22(32-33)16-10-30-31-11-16;25-18-8-4-5-14-9-17(33(24(34)19(14)18)16-6-2-1-3-7-16)12-32-23-20(22(26)27-13-28-23)21(31-32)15-10-29-30-11-15;1-14-6-3-4-9-19(14)31-17(10-16-8-5-7-15(2)20(16)24(31)32)12-30-23-21(18(11-25)29-30)22(26)27-13-28-23;1-14-6-5-7-15-10-17(30(23(31)19(14)15)16-8-3-2-4-9-16)12-29-22-20(18(11-24)28-29)21(25)26-13-27-22/h2-11,13H,12H2,1H3,(H,30,31)(H2,27,28,29);1-11,13H,12H2,(H,29,30)(H2,26,27,28);3-10,13H,11-12H2,1-2H3,(H2,26,27,28);2-10,13H,11-12H2,1H3,(H2,25,26,27). The van der Waals surface area contributed by atoms with Crippen LogP contribution in [-0.2, 0) is 39.5 Å². The van der Waals surface area contributed by atoms with Gasteiger partial charge in [0.1, 0.15) is 84.7 Å². The quantitative estimate of drug-likeness (QED) is 0.0523. The van der Waals surface area contributed by atoms with E-state index in [0.717, 1.165) is 83.4 Å². The highest BCUT2D eigenvalue weighted by molar-refractivity contribution is 6.36. The lowest BCUT2D eigenvalue weighted by Gasteiger charge is -2.17. The molecular formula is C96H76Cl2F2N28O4. The minimum Gasteiger partial charge on any atom is -0.383 e. The average Bonchev–Trinajstić information content (AvgIpc) is 1.18. The molecule has 0 amide bonds. The summed E-state index contributed by atoms with van der Waals surface area (Å²) in [6, 6.07) is 64.6. The number of aromatic nitrogens is 24. The molecule has 0 saturated carbocycles. The van der Waals surface area contributed by atoms with Crippen molar-refractivity contribution in [2.24, 2.45) is 0 Å². The zero-order valence-electron chi connectivity index (χ0n) is 70.8. The fourth-order valence-electron chi connectivity index (χ4n) is 16.9. The number of nitrogens with one attached hydrogen (secondary N) is 2. The second-order valence-electron chi connectivity index (χ2n) is 31.1. The van der Waals surface area contributed by atoms with E-state index >= 15 is 0 Å². The number of fused-ring (bicyclic) bond motifs is 8. The van der Waals surface area contributed by atoms with Crippen molar-refractivity contribution < 1.29 is 8.78 Å². The number of rotatable bonds is 16. The van der Waals surface area contributed by atoms with Crippen LogP contribution in [0.2, 0.25) is 10.0 Å². The maximum atomic E-state index is 13.8. The second kappa shape index (κ2) is 35.2. The van der Waals surface area contributed by atoms with Crippen LogP contribution >= 0.6 is 23.2 Å². The Morgan fingerprint density at radius 3 is 0.992 bits per heavy atom. The molecule has 0 atom stereocenters. The van der Waals surface area contributed by atoms with E-state index in [-0.39, 0.29) is 71.4 Å². The van der Waals surface area contributed by atoms with Gasteiger partial charge in [-0.2, -0.15) is 30.6 Å². The molecule has 0 aliphatic rings. The number of benzene rings is 8. The van der Waals surface area contributed by atoms with Crippen LogP contribution in [0.25, 0.3) is 132 Å². The van der Waals surface area contributed by atoms with E-state index in [1.165, 1.54) is 25.3 Å². The molecule has 22 aromatic rings. The van der Waals surface area contributed by atoms with Gasteiger partial charge in [-0.15, -0.1) is 0 Å². The van der Waals surface area contributed by atoms with Gasteiger partial charge in [-0.1, -0.05) is 157 Å². The van der Waals surface area contributed by atoms with Gasteiger partial charge in [0, 0.05) is 57.7 Å². The van der Waals surface area contributed by atoms with E-state index in [4.69, 9.17) is 56.3 Å². The molecule has 652 valence electrons. The molecule has 132 heavy (non-hydrogen) atoms. The minimum absolute atomic E-state index is 0.110. The largest absolute Gasteiger partial charge is 0.383 e. The Labute approximate surface area is 755 Å². The second-order valence-corrected chi connectivity index (χ2v) is 31.9. The topological polar surface area (TPSA) is 424 Å². The number of hydrogen-bond acceptors (Lipinski definition) is 22. The summed E-state index contributed by atoms with van der Waals surface area (Å²) in [7, 11) is 0. The van der Waals surface area contributed by atoms with Gasteiger partial charge in [0.05, 0.1) is 103 Å². The average molecular weight is 1790 g/mol. The molecule has 32 nitrogen and oxygen atoms in total. The lowest BCUT2D eigenvalue weighted by atomic mass is 10.1. The maximum Gasteiger partial charge on any atom is 0.264 e. The number of anilines is 4. The van der Waals surface area contributed by atoms with Crippen molar-refractivity contribution in [2.75, 3.05) is 22.9 Å². The van der Waals surface area contributed by atoms with Gasteiger partial charge in [-0.25, -0.2) is 67.4 Å². The molecule has 0 bridgehead atoms. The minimum atomic E-state index is -0.789. The van der Waals surface area contributed by atoms with Crippen molar-refractivity contribution in [1.29, 1.82) is 0 Å². The molecule has 0 aliphatic carbocycles. The third kappa shape index (κ3) is 15.4. The molecule has 14 aromatic heterocycles. The number of nitrogens with two attached hydrogens (primary N) is 4. The highest BCUT2D eigenvalue weighted by Crippen LogP contribution is 2.36. The summed E-state index contributed by atoms with van der Waals surface area (Å²) in [6.07, 6.45) is 12.3. The number of halogens is 4. The van der Waals surface area contributed by atoms with Gasteiger partial charge < -0.3 is 22.9 Å². The number of hydrogen-bond donors (Lipinski definition) is 6. The molecule has 0 radical (unpaired) electrons. The fraction of sp³-hybridized carbons (Fsp3) is 0.104. The van der Waals surface area contributed by atoms with E-state index in [9.17, 15) is 28.0 Å². The van der Waals surface area contributed by atoms with Gasteiger partial charge in [-0.05, 0) is 144 Å². The Kier molecular flexibility index (Phi) is 22.5. The maximum absolute atomic E-state index is 13.8. The molecule has 0 spiro atoms. The van der Waals surface area contributed by atoms with Gasteiger partial charge >= 0.3 is 0 Å². The van der Waals surface area contributed by atoms with Gasteiger partial charge in [0.25, 0.3) is 22.2 Å². The Morgan fingerprint density at radius 2 is 0.629 bits per heavy atom. The number of para-hydroxylation sites is 4. The molecule has 10 N–H and O–H groups in total. The molecular weight excluding hydrogens is 1720 g/mol. The highest BCUT2D eigenvalue weighted by atomic mass is 35.5.